The minimum atomic E-state index is -0.322. The Labute approximate surface area is 173 Å². The summed E-state index contributed by atoms with van der Waals surface area (Å²) < 4.78 is 14.0. The number of fused-ring (bicyclic) bond motifs is 1. The first-order valence-corrected chi connectivity index (χ1v) is 9.64. The zero-order valence-corrected chi connectivity index (χ0v) is 17.1. The van der Waals surface area contributed by atoms with Gasteiger partial charge in [0.25, 0.3) is 0 Å². The number of hydrogen-bond donors (Lipinski definition) is 0. The summed E-state index contributed by atoms with van der Waals surface area (Å²) in [6.07, 6.45) is 0.575. The molecule has 2 aromatic carbocycles. The lowest BCUT2D eigenvalue weighted by Gasteiger charge is -2.13. The van der Waals surface area contributed by atoms with Gasteiger partial charge in [-0.25, -0.2) is 4.79 Å². The van der Waals surface area contributed by atoms with Gasteiger partial charge in [0.1, 0.15) is 24.7 Å². The predicted molar refractivity (Wildman–Crippen MR) is 112 cm³/mol. The standard InChI is InChI=1S/C21H22N6O3/c1-4-20(23-22-17-13-29-19-11-6-5-9-15(17)19)30-12-16-14(2)8-7-10-18(16)27-21(28)26(3)24-25-27/h5-11H,4,12-13H2,1-3H3/b22-17+,23-20-. The van der Waals surface area contributed by atoms with Crippen molar-refractivity contribution in [1.82, 2.24) is 19.8 Å². The van der Waals surface area contributed by atoms with Crippen molar-refractivity contribution in [3.63, 3.8) is 0 Å². The van der Waals surface area contributed by atoms with Crippen LogP contribution in [0.15, 0.2) is 57.5 Å². The van der Waals surface area contributed by atoms with Crippen LogP contribution in [0.1, 0.15) is 30.0 Å². The fourth-order valence-corrected chi connectivity index (χ4v) is 3.15. The van der Waals surface area contributed by atoms with Gasteiger partial charge in [0.2, 0.25) is 5.90 Å². The van der Waals surface area contributed by atoms with E-state index in [0.29, 0.717) is 24.6 Å². The molecule has 0 aliphatic carbocycles. The van der Waals surface area contributed by atoms with Crippen LogP contribution in [0.25, 0.3) is 5.69 Å². The molecule has 0 spiro atoms. The normalized spacial score (nSPS) is 14.6. The van der Waals surface area contributed by atoms with E-state index in [0.717, 1.165) is 28.2 Å². The van der Waals surface area contributed by atoms with Crippen LogP contribution in [0.4, 0.5) is 0 Å². The van der Waals surface area contributed by atoms with Crippen LogP contribution in [0.2, 0.25) is 0 Å². The zero-order valence-electron chi connectivity index (χ0n) is 17.1. The topological polar surface area (TPSA) is 95.9 Å². The second kappa shape index (κ2) is 8.32. The molecule has 3 aromatic rings. The average Bonchev–Trinajstić information content (AvgIpc) is 3.32. The van der Waals surface area contributed by atoms with Crippen LogP contribution in [0.5, 0.6) is 5.75 Å². The highest BCUT2D eigenvalue weighted by molar-refractivity contribution is 6.06. The van der Waals surface area contributed by atoms with Crippen molar-refractivity contribution in [2.24, 2.45) is 17.3 Å². The van der Waals surface area contributed by atoms with Crippen LogP contribution in [0, 0.1) is 6.92 Å². The second-order valence-electron chi connectivity index (χ2n) is 6.84. The molecule has 30 heavy (non-hydrogen) atoms. The number of nitrogens with zero attached hydrogens (tertiary/aromatic N) is 6. The molecule has 0 saturated heterocycles. The van der Waals surface area contributed by atoms with E-state index in [1.165, 1.54) is 9.36 Å². The highest BCUT2D eigenvalue weighted by Crippen LogP contribution is 2.25. The average molecular weight is 406 g/mol. The maximum Gasteiger partial charge on any atom is 0.368 e. The maximum atomic E-state index is 12.3. The number of hydrogen-bond acceptors (Lipinski definition) is 7. The van der Waals surface area contributed by atoms with E-state index >= 15 is 0 Å². The van der Waals surface area contributed by atoms with Gasteiger partial charge in [-0.3, -0.25) is 0 Å². The highest BCUT2D eigenvalue weighted by Gasteiger charge is 2.18. The summed E-state index contributed by atoms with van der Waals surface area (Å²) in [6.45, 7) is 4.52. The molecule has 2 heterocycles. The van der Waals surface area contributed by atoms with E-state index in [-0.39, 0.29) is 12.3 Å². The summed E-state index contributed by atoms with van der Waals surface area (Å²) in [7, 11) is 1.56. The molecule has 0 atom stereocenters. The second-order valence-corrected chi connectivity index (χ2v) is 6.84. The van der Waals surface area contributed by atoms with E-state index in [2.05, 4.69) is 20.6 Å². The fourth-order valence-electron chi connectivity index (χ4n) is 3.15. The predicted octanol–water partition coefficient (Wildman–Crippen LogP) is 2.40. The smallest absolute Gasteiger partial charge is 0.368 e. The van der Waals surface area contributed by atoms with Crippen LogP contribution in [-0.2, 0) is 18.4 Å². The summed E-state index contributed by atoms with van der Waals surface area (Å²) in [5.41, 5.74) is 3.83. The van der Waals surface area contributed by atoms with Gasteiger partial charge in [-0.05, 0) is 41.1 Å². The lowest BCUT2D eigenvalue weighted by molar-refractivity contribution is 0.282. The van der Waals surface area contributed by atoms with Gasteiger partial charge < -0.3 is 9.47 Å². The Morgan fingerprint density at radius 2 is 2.03 bits per heavy atom. The van der Waals surface area contributed by atoms with E-state index in [1.807, 2.05) is 56.3 Å². The van der Waals surface area contributed by atoms with Crippen LogP contribution < -0.4 is 10.4 Å². The van der Waals surface area contributed by atoms with Gasteiger partial charge >= 0.3 is 5.69 Å². The van der Waals surface area contributed by atoms with Gasteiger partial charge in [0.15, 0.2) is 0 Å². The van der Waals surface area contributed by atoms with Crippen molar-refractivity contribution in [3.05, 3.63) is 69.6 Å². The van der Waals surface area contributed by atoms with Crippen molar-refractivity contribution in [2.45, 2.75) is 26.9 Å². The minimum absolute atomic E-state index is 0.232. The first-order valence-electron chi connectivity index (χ1n) is 9.64. The molecular weight excluding hydrogens is 384 g/mol. The third kappa shape index (κ3) is 3.73. The summed E-state index contributed by atoms with van der Waals surface area (Å²) in [4.78, 5) is 12.3. The Kier molecular flexibility index (Phi) is 5.42. The number of aryl methyl sites for hydroxylation is 2. The lowest BCUT2D eigenvalue weighted by Crippen LogP contribution is -2.23. The maximum absolute atomic E-state index is 12.3. The van der Waals surface area contributed by atoms with Gasteiger partial charge in [0.05, 0.1) is 5.69 Å². The van der Waals surface area contributed by atoms with Crippen molar-refractivity contribution < 1.29 is 9.47 Å². The number of rotatable bonds is 5. The molecule has 0 unspecified atom stereocenters. The molecule has 1 aliphatic rings. The zero-order chi connectivity index (χ0) is 21.1. The van der Waals surface area contributed by atoms with Crippen LogP contribution in [0.3, 0.4) is 0 Å². The number of aromatic nitrogens is 4. The Hall–Kier alpha value is -3.75. The monoisotopic (exact) mass is 406 g/mol. The molecule has 4 rings (SSSR count). The van der Waals surface area contributed by atoms with Gasteiger partial charge in [0, 0.05) is 24.6 Å². The molecule has 0 saturated carbocycles. The molecule has 9 heteroatoms. The minimum Gasteiger partial charge on any atom is -0.487 e. The Bertz CT molecular complexity index is 1190. The molecule has 0 fully saturated rings. The van der Waals surface area contributed by atoms with Crippen molar-refractivity contribution in [1.29, 1.82) is 0 Å². The van der Waals surface area contributed by atoms with Crippen LogP contribution >= 0.6 is 0 Å². The third-order valence-electron chi connectivity index (χ3n) is 4.87. The molecule has 0 amide bonds. The largest absolute Gasteiger partial charge is 0.487 e. The first-order chi connectivity index (χ1) is 14.6. The number of benzene rings is 2. The van der Waals surface area contributed by atoms with Crippen LogP contribution in [-0.4, -0.2) is 38.0 Å². The molecule has 0 bridgehead atoms. The molecule has 0 radical (unpaired) electrons. The van der Waals surface area contributed by atoms with E-state index in [9.17, 15) is 4.79 Å². The van der Waals surface area contributed by atoms with Crippen molar-refractivity contribution in [3.8, 4) is 11.4 Å². The quantitative estimate of drug-likeness (QED) is 0.368. The molecule has 9 nitrogen and oxygen atoms in total. The summed E-state index contributed by atoms with van der Waals surface area (Å²) in [5.74, 6) is 1.30. The van der Waals surface area contributed by atoms with E-state index in [1.54, 1.807) is 7.05 Å². The molecular formula is C21H22N6O3. The summed E-state index contributed by atoms with van der Waals surface area (Å²) in [6, 6.07) is 13.4. The third-order valence-corrected chi connectivity index (χ3v) is 4.87. The summed E-state index contributed by atoms with van der Waals surface area (Å²) in [5, 5.41) is 16.4. The van der Waals surface area contributed by atoms with Crippen molar-refractivity contribution >= 4 is 11.6 Å². The van der Waals surface area contributed by atoms with Gasteiger partial charge in [-0.2, -0.15) is 9.36 Å². The molecule has 0 N–H and O–H groups in total. The highest BCUT2D eigenvalue weighted by atomic mass is 16.5. The molecule has 154 valence electrons. The SMILES string of the molecule is CC/C(=N/N=C1\COc2ccccc21)OCc1c(C)cccc1-n1nnn(C)c1=O. The van der Waals surface area contributed by atoms with E-state index < -0.39 is 0 Å². The Morgan fingerprint density at radius 1 is 1.20 bits per heavy atom. The fraction of sp³-hybridized carbons (Fsp3) is 0.286. The van der Waals surface area contributed by atoms with Gasteiger partial charge in [-0.1, -0.05) is 31.2 Å². The molecule has 1 aliphatic heterocycles. The first kappa shape index (κ1) is 19.6. The molecule has 1 aromatic heterocycles. The number of ether oxygens (including phenoxy) is 2. The summed E-state index contributed by atoms with van der Waals surface area (Å²) >= 11 is 0. The van der Waals surface area contributed by atoms with Gasteiger partial charge in [-0.15, -0.1) is 10.2 Å². The number of tetrazole rings is 1. The Morgan fingerprint density at radius 3 is 2.80 bits per heavy atom. The number of para-hydroxylation sites is 1. The van der Waals surface area contributed by atoms with Crippen molar-refractivity contribution in [2.75, 3.05) is 6.61 Å². The Balaban J connectivity index is 1.57. The van der Waals surface area contributed by atoms with E-state index in [4.69, 9.17) is 9.47 Å². The lowest BCUT2D eigenvalue weighted by atomic mass is 10.1.